The van der Waals surface area contributed by atoms with Gasteiger partial charge in [0, 0.05) is 18.8 Å². The Kier molecular flexibility index (Phi) is 4.75. The molecule has 108 valence electrons. The van der Waals surface area contributed by atoms with Crippen LogP contribution in [-0.4, -0.2) is 16.1 Å². The summed E-state index contributed by atoms with van der Waals surface area (Å²) in [4.78, 5) is 4.30. The number of hydrogen-bond donors (Lipinski definition) is 1. The number of benzene rings is 1. The Morgan fingerprint density at radius 2 is 2.05 bits per heavy atom. The van der Waals surface area contributed by atoms with Crippen molar-refractivity contribution in [2.75, 3.05) is 11.9 Å². The van der Waals surface area contributed by atoms with Crippen LogP contribution in [0.3, 0.4) is 0 Å². The fourth-order valence-electron chi connectivity index (χ4n) is 1.88. The summed E-state index contributed by atoms with van der Waals surface area (Å²) in [5, 5.41) is 3.15. The quantitative estimate of drug-likeness (QED) is 0.642. The van der Waals surface area contributed by atoms with Gasteiger partial charge in [0.15, 0.2) is 0 Å². The summed E-state index contributed by atoms with van der Waals surface area (Å²) < 4.78 is 29.3. The Hall–Kier alpha value is -1.43. The van der Waals surface area contributed by atoms with Crippen LogP contribution in [0.15, 0.2) is 22.8 Å². The fraction of sp³-hybridized carbons (Fsp3) is 0.357. The van der Waals surface area contributed by atoms with E-state index in [1.807, 2.05) is 6.92 Å². The average Bonchev–Trinajstić information content (AvgIpc) is 2.75. The van der Waals surface area contributed by atoms with Crippen LogP contribution in [-0.2, 0) is 0 Å². The minimum Gasteiger partial charge on any atom is -0.355 e. The van der Waals surface area contributed by atoms with E-state index >= 15 is 0 Å². The molecule has 0 atom stereocenters. The molecule has 0 unspecified atom stereocenters. The van der Waals surface area contributed by atoms with Crippen molar-refractivity contribution < 1.29 is 8.78 Å². The summed E-state index contributed by atoms with van der Waals surface area (Å²) in [6.45, 7) is 4.64. The smallest absolute Gasteiger partial charge is 0.207 e. The number of unbranched alkanes of at least 4 members (excludes halogenated alkanes) is 1. The molecule has 0 radical (unpaired) electrons. The van der Waals surface area contributed by atoms with E-state index in [-0.39, 0.29) is 10.2 Å². The molecule has 3 nitrogen and oxygen atoms in total. The molecule has 1 heterocycles. The topological polar surface area (TPSA) is 29.9 Å². The molecule has 2 aromatic rings. The normalized spacial score (nSPS) is 10.8. The predicted octanol–water partition coefficient (Wildman–Crippen LogP) is 4.43. The van der Waals surface area contributed by atoms with Crippen LogP contribution < -0.4 is 5.32 Å². The Morgan fingerprint density at radius 1 is 1.30 bits per heavy atom. The highest BCUT2D eigenvalue weighted by molar-refractivity contribution is 9.10. The number of halogens is 3. The van der Waals surface area contributed by atoms with E-state index in [0.717, 1.165) is 37.2 Å². The second-order valence-electron chi connectivity index (χ2n) is 4.57. The molecule has 0 spiro atoms. The lowest BCUT2D eigenvalue weighted by atomic mass is 10.3. The first kappa shape index (κ1) is 15.0. The molecule has 2 rings (SSSR count). The zero-order valence-electron chi connectivity index (χ0n) is 11.4. The molecule has 1 aromatic carbocycles. The zero-order valence-corrected chi connectivity index (χ0v) is 13.0. The van der Waals surface area contributed by atoms with E-state index in [4.69, 9.17) is 0 Å². The largest absolute Gasteiger partial charge is 0.355 e. The lowest BCUT2D eigenvalue weighted by molar-refractivity contribution is 0.587. The standard InChI is InChI=1S/C14H16BrF2N3/c1-3-4-5-18-14-19-9(2)8-20(14)13-7-11(16)10(15)6-12(13)17/h6-8H,3-5H2,1-2H3,(H,18,19). The second-order valence-corrected chi connectivity index (χ2v) is 5.43. The summed E-state index contributed by atoms with van der Waals surface area (Å²) in [5.74, 6) is -0.488. The molecule has 0 aliphatic heterocycles. The van der Waals surface area contributed by atoms with Gasteiger partial charge in [0.2, 0.25) is 5.95 Å². The number of hydrogen-bond acceptors (Lipinski definition) is 2. The van der Waals surface area contributed by atoms with Crippen LogP contribution in [0.1, 0.15) is 25.5 Å². The van der Waals surface area contributed by atoms with Gasteiger partial charge in [-0.05, 0) is 35.3 Å². The van der Waals surface area contributed by atoms with E-state index in [0.29, 0.717) is 5.95 Å². The van der Waals surface area contributed by atoms with Crippen LogP contribution in [0, 0.1) is 18.6 Å². The lowest BCUT2D eigenvalue weighted by Crippen LogP contribution is -2.08. The summed E-state index contributed by atoms with van der Waals surface area (Å²) >= 11 is 2.97. The minimum absolute atomic E-state index is 0.107. The second kappa shape index (κ2) is 6.35. The van der Waals surface area contributed by atoms with Crippen LogP contribution >= 0.6 is 15.9 Å². The van der Waals surface area contributed by atoms with E-state index in [9.17, 15) is 8.78 Å². The van der Waals surface area contributed by atoms with Gasteiger partial charge in [0.25, 0.3) is 0 Å². The maximum absolute atomic E-state index is 14.0. The molecule has 0 fully saturated rings. The van der Waals surface area contributed by atoms with Crippen molar-refractivity contribution in [3.05, 3.63) is 40.1 Å². The molecule has 0 aliphatic rings. The van der Waals surface area contributed by atoms with Gasteiger partial charge in [0.1, 0.15) is 11.6 Å². The summed E-state index contributed by atoms with van der Waals surface area (Å²) in [7, 11) is 0. The van der Waals surface area contributed by atoms with Crippen LogP contribution in [0.5, 0.6) is 0 Å². The van der Waals surface area contributed by atoms with Crippen molar-refractivity contribution in [1.29, 1.82) is 0 Å². The molecule has 1 aromatic heterocycles. The fourth-order valence-corrected chi connectivity index (χ4v) is 2.20. The molecular formula is C14H16BrF2N3. The van der Waals surface area contributed by atoms with Gasteiger partial charge < -0.3 is 5.32 Å². The zero-order chi connectivity index (χ0) is 14.7. The number of aromatic nitrogens is 2. The minimum atomic E-state index is -0.507. The molecule has 20 heavy (non-hydrogen) atoms. The third-order valence-corrected chi connectivity index (χ3v) is 3.50. The number of nitrogens with one attached hydrogen (secondary N) is 1. The summed E-state index contributed by atoms with van der Waals surface area (Å²) in [5.41, 5.74) is 0.886. The Balaban J connectivity index is 2.39. The Morgan fingerprint density at radius 3 is 2.75 bits per heavy atom. The highest BCUT2D eigenvalue weighted by atomic mass is 79.9. The number of imidazole rings is 1. The molecular weight excluding hydrogens is 328 g/mol. The van der Waals surface area contributed by atoms with Crippen molar-refractivity contribution in [2.45, 2.75) is 26.7 Å². The highest BCUT2D eigenvalue weighted by Gasteiger charge is 2.14. The van der Waals surface area contributed by atoms with Gasteiger partial charge in [-0.25, -0.2) is 13.8 Å². The molecule has 0 aliphatic carbocycles. The first-order valence-electron chi connectivity index (χ1n) is 6.47. The van der Waals surface area contributed by atoms with Crippen molar-refractivity contribution >= 4 is 21.9 Å². The first-order chi connectivity index (χ1) is 9.52. The summed E-state index contributed by atoms with van der Waals surface area (Å²) in [6.07, 6.45) is 3.72. The molecule has 0 saturated carbocycles. The number of rotatable bonds is 5. The average molecular weight is 344 g/mol. The van der Waals surface area contributed by atoms with Crippen molar-refractivity contribution in [3.8, 4) is 5.69 Å². The molecule has 1 N–H and O–H groups in total. The van der Waals surface area contributed by atoms with Gasteiger partial charge in [-0.3, -0.25) is 4.57 Å². The van der Waals surface area contributed by atoms with E-state index in [2.05, 4.69) is 33.2 Å². The maximum atomic E-state index is 14.0. The predicted molar refractivity (Wildman–Crippen MR) is 79.3 cm³/mol. The molecule has 0 amide bonds. The van der Waals surface area contributed by atoms with E-state index in [1.54, 1.807) is 6.20 Å². The third-order valence-electron chi connectivity index (χ3n) is 2.89. The number of anilines is 1. The highest BCUT2D eigenvalue weighted by Crippen LogP contribution is 2.25. The Labute approximate surface area is 125 Å². The molecule has 0 bridgehead atoms. The van der Waals surface area contributed by atoms with Crippen LogP contribution in [0.4, 0.5) is 14.7 Å². The SMILES string of the molecule is CCCCNc1nc(C)cn1-c1cc(F)c(Br)cc1F. The number of aryl methyl sites for hydroxylation is 1. The van der Waals surface area contributed by atoms with Crippen molar-refractivity contribution in [2.24, 2.45) is 0 Å². The molecule has 0 saturated heterocycles. The first-order valence-corrected chi connectivity index (χ1v) is 7.27. The Bertz CT molecular complexity index is 611. The van der Waals surface area contributed by atoms with Crippen molar-refractivity contribution in [3.63, 3.8) is 0 Å². The van der Waals surface area contributed by atoms with Gasteiger partial charge in [0.05, 0.1) is 15.9 Å². The maximum Gasteiger partial charge on any atom is 0.207 e. The van der Waals surface area contributed by atoms with Gasteiger partial charge >= 0.3 is 0 Å². The van der Waals surface area contributed by atoms with Crippen molar-refractivity contribution in [1.82, 2.24) is 9.55 Å². The molecule has 6 heteroatoms. The lowest BCUT2D eigenvalue weighted by Gasteiger charge is -2.11. The number of nitrogens with zero attached hydrogens (tertiary/aromatic N) is 2. The van der Waals surface area contributed by atoms with Crippen LogP contribution in [0.2, 0.25) is 0 Å². The van der Waals surface area contributed by atoms with Gasteiger partial charge in [-0.1, -0.05) is 13.3 Å². The summed E-state index contributed by atoms with van der Waals surface area (Å²) in [6, 6.07) is 2.28. The van der Waals surface area contributed by atoms with Gasteiger partial charge in [-0.2, -0.15) is 0 Å². The third kappa shape index (κ3) is 3.17. The van der Waals surface area contributed by atoms with Gasteiger partial charge in [-0.15, -0.1) is 0 Å². The van der Waals surface area contributed by atoms with Crippen LogP contribution in [0.25, 0.3) is 5.69 Å². The van der Waals surface area contributed by atoms with E-state index < -0.39 is 11.6 Å². The van der Waals surface area contributed by atoms with E-state index in [1.165, 1.54) is 4.57 Å². The monoisotopic (exact) mass is 343 g/mol.